The lowest BCUT2D eigenvalue weighted by atomic mass is 10.2. The van der Waals surface area contributed by atoms with Gasteiger partial charge in [-0.3, -0.25) is 9.36 Å². The van der Waals surface area contributed by atoms with E-state index in [-0.39, 0.29) is 17.8 Å². The lowest BCUT2D eigenvalue weighted by Gasteiger charge is -2.14. The Morgan fingerprint density at radius 1 is 1.03 bits per heavy atom. The molecule has 2 aromatic carbocycles. The molecule has 0 fully saturated rings. The number of ether oxygens (including phenoxy) is 1. The molecule has 0 aliphatic heterocycles. The van der Waals surface area contributed by atoms with Gasteiger partial charge in [-0.1, -0.05) is 36.4 Å². The van der Waals surface area contributed by atoms with Crippen LogP contribution < -0.4 is 16.0 Å². The molecule has 0 amide bonds. The van der Waals surface area contributed by atoms with Gasteiger partial charge in [-0.05, 0) is 31.5 Å². The van der Waals surface area contributed by atoms with Crippen LogP contribution in [-0.4, -0.2) is 25.8 Å². The van der Waals surface area contributed by atoms with Gasteiger partial charge in [0.05, 0.1) is 25.7 Å². The minimum atomic E-state index is -0.387. The number of hydrogen-bond donors (Lipinski definition) is 0. The molecule has 2 heterocycles. The number of benzene rings is 2. The van der Waals surface area contributed by atoms with Gasteiger partial charge in [0.25, 0.3) is 5.56 Å². The molecule has 0 aliphatic rings. The van der Waals surface area contributed by atoms with Crippen molar-refractivity contribution in [2.24, 2.45) is 0 Å². The third-order valence-corrected chi connectivity index (χ3v) is 5.11. The van der Waals surface area contributed by atoms with Crippen LogP contribution in [0.25, 0.3) is 16.9 Å². The molecular formula is C22H22N4O3. The number of aromatic nitrogens is 4. The molecule has 4 rings (SSSR count). The summed E-state index contributed by atoms with van der Waals surface area (Å²) < 4.78 is 9.98. The number of imidazole rings is 1. The molecule has 148 valence electrons. The molecule has 0 spiro atoms. The highest BCUT2D eigenvalue weighted by atomic mass is 16.5. The largest absolute Gasteiger partial charge is 0.496 e. The molecule has 0 saturated carbocycles. The molecule has 0 aliphatic carbocycles. The molecule has 29 heavy (non-hydrogen) atoms. The van der Waals surface area contributed by atoms with Crippen molar-refractivity contribution >= 4 is 11.2 Å². The van der Waals surface area contributed by atoms with Crippen LogP contribution >= 0.6 is 0 Å². The number of hydrogen-bond acceptors (Lipinski definition) is 4. The van der Waals surface area contributed by atoms with Crippen LogP contribution in [0, 0.1) is 6.92 Å². The number of fused-ring (bicyclic) bond motifs is 1. The van der Waals surface area contributed by atoms with E-state index >= 15 is 0 Å². The Morgan fingerprint density at radius 3 is 2.48 bits per heavy atom. The molecule has 0 N–H and O–H groups in total. The Bertz CT molecular complexity index is 1310. The summed E-state index contributed by atoms with van der Waals surface area (Å²) in [4.78, 5) is 30.7. The van der Waals surface area contributed by atoms with Gasteiger partial charge in [-0.15, -0.1) is 0 Å². The zero-order valence-electron chi connectivity index (χ0n) is 16.6. The van der Waals surface area contributed by atoms with Gasteiger partial charge in [0.15, 0.2) is 11.2 Å². The van der Waals surface area contributed by atoms with Crippen LogP contribution in [0.15, 0.2) is 64.4 Å². The second kappa shape index (κ2) is 7.43. The van der Waals surface area contributed by atoms with Gasteiger partial charge in [-0.2, -0.15) is 0 Å². The molecule has 7 nitrogen and oxygen atoms in total. The first-order chi connectivity index (χ1) is 14.1. The van der Waals surface area contributed by atoms with Gasteiger partial charge in [0, 0.05) is 12.1 Å². The lowest BCUT2D eigenvalue weighted by molar-refractivity contribution is 0.408. The average molecular weight is 390 g/mol. The summed E-state index contributed by atoms with van der Waals surface area (Å²) in [6.07, 6.45) is 1.60. The first-order valence-electron chi connectivity index (χ1n) is 9.45. The predicted molar refractivity (Wildman–Crippen MR) is 112 cm³/mol. The SMILES string of the molecule is CCn1c(=O)c2c(ncn2Cc2ccccc2OC)n(-c2ccccc2C)c1=O. The summed E-state index contributed by atoms with van der Waals surface area (Å²) in [6, 6.07) is 15.2. The van der Waals surface area contributed by atoms with Gasteiger partial charge >= 0.3 is 5.69 Å². The van der Waals surface area contributed by atoms with Crippen molar-refractivity contribution in [3.63, 3.8) is 0 Å². The maximum absolute atomic E-state index is 13.1. The first-order valence-corrected chi connectivity index (χ1v) is 9.45. The second-order valence-corrected chi connectivity index (χ2v) is 6.81. The summed E-state index contributed by atoms with van der Waals surface area (Å²) in [5, 5.41) is 0. The fourth-order valence-electron chi connectivity index (χ4n) is 3.63. The Hall–Kier alpha value is -3.61. The average Bonchev–Trinajstić information content (AvgIpc) is 3.13. The summed E-state index contributed by atoms with van der Waals surface area (Å²) in [7, 11) is 1.62. The van der Waals surface area contributed by atoms with E-state index in [0.29, 0.717) is 23.4 Å². The molecule has 2 aromatic heterocycles. The van der Waals surface area contributed by atoms with E-state index in [2.05, 4.69) is 4.98 Å². The topological polar surface area (TPSA) is 71.0 Å². The number of nitrogens with zero attached hydrogens (tertiary/aromatic N) is 4. The molecule has 0 bridgehead atoms. The van der Waals surface area contributed by atoms with Crippen LogP contribution in [0.3, 0.4) is 0 Å². The zero-order valence-corrected chi connectivity index (χ0v) is 16.6. The monoisotopic (exact) mass is 390 g/mol. The van der Waals surface area contributed by atoms with Crippen molar-refractivity contribution in [2.75, 3.05) is 7.11 Å². The van der Waals surface area contributed by atoms with Gasteiger partial charge in [0.1, 0.15) is 5.75 Å². The van der Waals surface area contributed by atoms with E-state index in [1.165, 1.54) is 9.13 Å². The van der Waals surface area contributed by atoms with Crippen LogP contribution in [0.5, 0.6) is 5.75 Å². The van der Waals surface area contributed by atoms with Crippen LogP contribution in [0.2, 0.25) is 0 Å². The van der Waals surface area contributed by atoms with E-state index in [9.17, 15) is 9.59 Å². The Kier molecular flexibility index (Phi) is 4.80. The van der Waals surface area contributed by atoms with Gasteiger partial charge < -0.3 is 9.30 Å². The Morgan fingerprint density at radius 2 is 1.76 bits per heavy atom. The fraction of sp³-hybridized carbons (Fsp3) is 0.227. The van der Waals surface area contributed by atoms with Crippen LogP contribution in [0.4, 0.5) is 0 Å². The first kappa shape index (κ1) is 18.7. The van der Waals surface area contributed by atoms with E-state index in [4.69, 9.17) is 4.74 Å². The van der Waals surface area contributed by atoms with Crippen molar-refractivity contribution in [2.45, 2.75) is 26.9 Å². The minimum absolute atomic E-state index is 0.277. The van der Waals surface area contributed by atoms with Crippen molar-refractivity contribution in [1.82, 2.24) is 18.7 Å². The molecule has 0 unspecified atom stereocenters. The fourth-order valence-corrected chi connectivity index (χ4v) is 3.63. The second-order valence-electron chi connectivity index (χ2n) is 6.81. The normalized spacial score (nSPS) is 11.1. The van der Waals surface area contributed by atoms with Crippen LogP contribution in [0.1, 0.15) is 18.1 Å². The molecule has 0 saturated heterocycles. The summed E-state index contributed by atoms with van der Waals surface area (Å²) in [6.45, 7) is 4.41. The smallest absolute Gasteiger partial charge is 0.337 e. The highest BCUT2D eigenvalue weighted by molar-refractivity contribution is 5.73. The van der Waals surface area contributed by atoms with Crippen LogP contribution in [-0.2, 0) is 13.1 Å². The third kappa shape index (κ3) is 3.04. The predicted octanol–water partition coefficient (Wildman–Crippen LogP) is 2.73. The number of rotatable bonds is 5. The number of aryl methyl sites for hydroxylation is 1. The van der Waals surface area contributed by atoms with Crippen molar-refractivity contribution in [3.8, 4) is 11.4 Å². The highest BCUT2D eigenvalue weighted by Crippen LogP contribution is 2.21. The van der Waals surface area contributed by atoms with Gasteiger partial charge in [0.2, 0.25) is 0 Å². The summed E-state index contributed by atoms with van der Waals surface area (Å²) >= 11 is 0. The van der Waals surface area contributed by atoms with E-state index in [1.54, 1.807) is 24.9 Å². The molecule has 0 atom stereocenters. The standard InChI is InChI=1S/C22H22N4O3/c1-4-25-21(27)19-20(26(22(25)28)17-11-7-5-9-15(17)2)23-14-24(19)13-16-10-6-8-12-18(16)29-3/h5-12,14H,4,13H2,1-3H3. The summed E-state index contributed by atoms with van der Waals surface area (Å²) in [5.74, 6) is 0.734. The van der Waals surface area contributed by atoms with E-state index in [0.717, 1.165) is 16.9 Å². The minimum Gasteiger partial charge on any atom is -0.496 e. The lowest BCUT2D eigenvalue weighted by Crippen LogP contribution is -2.39. The molecule has 7 heteroatoms. The Balaban J connectivity index is 2.01. The molecule has 0 radical (unpaired) electrons. The van der Waals surface area contributed by atoms with Crippen molar-refractivity contribution in [3.05, 3.63) is 86.8 Å². The van der Waals surface area contributed by atoms with E-state index < -0.39 is 0 Å². The number of methoxy groups -OCH3 is 1. The quantitative estimate of drug-likeness (QED) is 0.525. The maximum Gasteiger partial charge on any atom is 0.337 e. The van der Waals surface area contributed by atoms with Gasteiger partial charge in [-0.25, -0.2) is 14.3 Å². The van der Waals surface area contributed by atoms with E-state index in [1.807, 2.05) is 55.5 Å². The highest BCUT2D eigenvalue weighted by Gasteiger charge is 2.19. The summed E-state index contributed by atoms with van der Waals surface area (Å²) in [5.41, 5.74) is 2.58. The zero-order chi connectivity index (χ0) is 20.5. The number of para-hydroxylation sites is 2. The Labute approximate surface area is 167 Å². The van der Waals surface area contributed by atoms with Crippen molar-refractivity contribution in [1.29, 1.82) is 0 Å². The molecular weight excluding hydrogens is 368 g/mol. The maximum atomic E-state index is 13.1. The molecule has 4 aromatic rings. The third-order valence-electron chi connectivity index (χ3n) is 5.11. The van der Waals surface area contributed by atoms with Crippen molar-refractivity contribution < 1.29 is 4.74 Å².